The van der Waals surface area contributed by atoms with E-state index in [2.05, 4.69) is 46.5 Å². The predicted octanol–water partition coefficient (Wildman–Crippen LogP) is 1.17. The summed E-state index contributed by atoms with van der Waals surface area (Å²) in [6.45, 7) is 15.0. The van der Waals surface area contributed by atoms with Crippen LogP contribution >= 0.6 is 24.0 Å². The van der Waals surface area contributed by atoms with Crippen LogP contribution in [0.25, 0.3) is 0 Å². The molecule has 1 aliphatic rings. The molecular formula is C19H38IN7O2. The molecule has 1 aliphatic heterocycles. The van der Waals surface area contributed by atoms with Crippen LogP contribution in [0.5, 0.6) is 0 Å². The normalized spacial score (nSPS) is 17.0. The number of methoxy groups -OCH3 is 1. The van der Waals surface area contributed by atoms with Crippen molar-refractivity contribution in [3.63, 3.8) is 0 Å². The van der Waals surface area contributed by atoms with Gasteiger partial charge >= 0.3 is 0 Å². The highest BCUT2D eigenvalue weighted by Gasteiger charge is 2.24. The first-order valence-electron chi connectivity index (χ1n) is 10.0. The highest BCUT2D eigenvalue weighted by molar-refractivity contribution is 14.0. The second-order valence-corrected chi connectivity index (χ2v) is 8.24. The smallest absolute Gasteiger partial charge is 0.191 e. The Bertz CT molecular complexity index is 625. The van der Waals surface area contributed by atoms with Crippen LogP contribution in [0.15, 0.2) is 4.99 Å². The van der Waals surface area contributed by atoms with Gasteiger partial charge in [0.25, 0.3) is 0 Å². The zero-order valence-corrected chi connectivity index (χ0v) is 21.0. The summed E-state index contributed by atoms with van der Waals surface area (Å²) < 4.78 is 13.0. The fraction of sp³-hybridized carbons (Fsp3) is 0.842. The fourth-order valence-corrected chi connectivity index (χ4v) is 3.00. The van der Waals surface area contributed by atoms with Gasteiger partial charge in [0.2, 0.25) is 0 Å². The van der Waals surface area contributed by atoms with Crippen LogP contribution in [-0.2, 0) is 23.1 Å². The van der Waals surface area contributed by atoms with Gasteiger partial charge < -0.3 is 24.7 Å². The SMILES string of the molecule is COC(CNC(=NCc1nnc(C)n1C)NCCN1CCOCC1)C(C)(C)C.I. The number of aromatic nitrogens is 3. The van der Waals surface area contributed by atoms with Crippen LogP contribution in [0.1, 0.15) is 32.4 Å². The Morgan fingerprint density at radius 2 is 1.93 bits per heavy atom. The van der Waals surface area contributed by atoms with Crippen molar-refractivity contribution in [2.24, 2.45) is 17.5 Å². The number of rotatable bonds is 8. The number of halogens is 1. The quantitative estimate of drug-likeness (QED) is 0.301. The monoisotopic (exact) mass is 523 g/mol. The zero-order valence-electron chi connectivity index (χ0n) is 18.7. The minimum atomic E-state index is 0. The maximum atomic E-state index is 5.66. The number of hydrogen-bond donors (Lipinski definition) is 2. The molecule has 0 aliphatic carbocycles. The molecule has 0 spiro atoms. The molecular weight excluding hydrogens is 485 g/mol. The number of ether oxygens (including phenoxy) is 2. The Morgan fingerprint density at radius 1 is 1.24 bits per heavy atom. The van der Waals surface area contributed by atoms with Gasteiger partial charge in [0.15, 0.2) is 11.8 Å². The topological polar surface area (TPSA) is 88.8 Å². The molecule has 10 heteroatoms. The number of nitrogens with zero attached hydrogens (tertiary/aromatic N) is 5. The number of morpholine rings is 1. The molecule has 9 nitrogen and oxygen atoms in total. The van der Waals surface area contributed by atoms with Gasteiger partial charge in [-0.25, -0.2) is 4.99 Å². The van der Waals surface area contributed by atoms with Crippen molar-refractivity contribution < 1.29 is 9.47 Å². The Morgan fingerprint density at radius 3 is 2.48 bits per heavy atom. The van der Waals surface area contributed by atoms with Crippen molar-refractivity contribution in [2.75, 3.05) is 53.0 Å². The summed E-state index contributed by atoms with van der Waals surface area (Å²) in [4.78, 5) is 7.11. The first-order valence-corrected chi connectivity index (χ1v) is 10.0. The van der Waals surface area contributed by atoms with Gasteiger partial charge in [-0.2, -0.15) is 0 Å². The van der Waals surface area contributed by atoms with Crippen LogP contribution in [0, 0.1) is 12.3 Å². The Hall–Kier alpha value is -0.980. The number of nitrogens with one attached hydrogen (secondary N) is 2. The fourth-order valence-electron chi connectivity index (χ4n) is 3.00. The average molecular weight is 523 g/mol. The minimum absolute atomic E-state index is 0. The molecule has 2 heterocycles. The maximum Gasteiger partial charge on any atom is 0.191 e. The molecule has 2 rings (SSSR count). The molecule has 0 saturated carbocycles. The van der Waals surface area contributed by atoms with Gasteiger partial charge in [-0.3, -0.25) is 4.90 Å². The standard InChI is InChI=1S/C19H37N7O2.HI/c1-15-23-24-17(25(15)5)14-22-18(21-13-16(27-6)19(2,3)4)20-7-8-26-9-11-28-12-10-26;/h16H,7-14H2,1-6H3,(H2,20,21,22);1H. The predicted molar refractivity (Wildman–Crippen MR) is 126 cm³/mol. The van der Waals surface area contributed by atoms with E-state index < -0.39 is 0 Å². The number of guanidine groups is 1. The first-order chi connectivity index (χ1) is 13.3. The molecule has 168 valence electrons. The summed E-state index contributed by atoms with van der Waals surface area (Å²) in [5.74, 6) is 2.48. The van der Waals surface area contributed by atoms with Crippen molar-refractivity contribution in [2.45, 2.75) is 40.3 Å². The largest absolute Gasteiger partial charge is 0.379 e. The molecule has 1 saturated heterocycles. The van der Waals surface area contributed by atoms with Crippen LogP contribution in [0.2, 0.25) is 0 Å². The van der Waals surface area contributed by atoms with Gasteiger partial charge in [-0.1, -0.05) is 20.8 Å². The minimum Gasteiger partial charge on any atom is -0.379 e. The summed E-state index contributed by atoms with van der Waals surface area (Å²) in [6, 6.07) is 0. The second-order valence-electron chi connectivity index (χ2n) is 8.24. The van der Waals surface area contributed by atoms with E-state index in [-0.39, 0.29) is 35.5 Å². The molecule has 2 N–H and O–H groups in total. The summed E-state index contributed by atoms with van der Waals surface area (Å²) in [5.41, 5.74) is 0.0430. The van der Waals surface area contributed by atoms with E-state index in [1.165, 1.54) is 0 Å². The van der Waals surface area contributed by atoms with Gasteiger partial charge in [-0.05, 0) is 12.3 Å². The molecule has 1 atom stereocenters. The lowest BCUT2D eigenvalue weighted by atomic mass is 9.89. The highest BCUT2D eigenvalue weighted by Crippen LogP contribution is 2.20. The summed E-state index contributed by atoms with van der Waals surface area (Å²) >= 11 is 0. The summed E-state index contributed by atoms with van der Waals surface area (Å²) in [5, 5.41) is 15.2. The van der Waals surface area contributed by atoms with E-state index in [4.69, 9.17) is 14.5 Å². The third-order valence-corrected chi connectivity index (χ3v) is 5.09. The lowest BCUT2D eigenvalue weighted by molar-refractivity contribution is 0.0204. The van der Waals surface area contributed by atoms with E-state index in [1.54, 1.807) is 7.11 Å². The average Bonchev–Trinajstić information content (AvgIpc) is 2.97. The van der Waals surface area contributed by atoms with E-state index in [0.717, 1.165) is 57.0 Å². The Kier molecular flexibility index (Phi) is 11.4. The Labute approximate surface area is 192 Å². The first kappa shape index (κ1) is 26.1. The molecule has 0 aromatic carbocycles. The van der Waals surface area contributed by atoms with E-state index in [1.807, 2.05) is 18.5 Å². The molecule has 1 aromatic heterocycles. The van der Waals surface area contributed by atoms with Crippen molar-refractivity contribution in [3.05, 3.63) is 11.6 Å². The van der Waals surface area contributed by atoms with Crippen molar-refractivity contribution in [1.29, 1.82) is 0 Å². The van der Waals surface area contributed by atoms with Crippen molar-refractivity contribution in [1.82, 2.24) is 30.3 Å². The lowest BCUT2D eigenvalue weighted by Gasteiger charge is -2.30. The number of aryl methyl sites for hydroxylation is 1. The van der Waals surface area contributed by atoms with E-state index in [0.29, 0.717) is 13.1 Å². The lowest BCUT2D eigenvalue weighted by Crippen LogP contribution is -2.47. The third-order valence-electron chi connectivity index (χ3n) is 5.09. The molecule has 1 aromatic rings. The van der Waals surface area contributed by atoms with Gasteiger partial charge in [0.05, 0.1) is 19.3 Å². The van der Waals surface area contributed by atoms with Crippen LogP contribution < -0.4 is 10.6 Å². The summed E-state index contributed by atoms with van der Waals surface area (Å²) in [7, 11) is 3.71. The van der Waals surface area contributed by atoms with Gasteiger partial charge in [0, 0.05) is 46.9 Å². The van der Waals surface area contributed by atoms with E-state index in [9.17, 15) is 0 Å². The van der Waals surface area contributed by atoms with Crippen molar-refractivity contribution in [3.8, 4) is 0 Å². The highest BCUT2D eigenvalue weighted by atomic mass is 127. The van der Waals surface area contributed by atoms with E-state index >= 15 is 0 Å². The zero-order chi connectivity index (χ0) is 20.6. The molecule has 1 fully saturated rings. The number of aliphatic imine (C=N–C) groups is 1. The van der Waals surface area contributed by atoms with Crippen LogP contribution in [-0.4, -0.2) is 84.8 Å². The Balaban J connectivity index is 0.00000420. The van der Waals surface area contributed by atoms with Crippen LogP contribution in [0.3, 0.4) is 0 Å². The molecule has 0 bridgehead atoms. The molecule has 0 radical (unpaired) electrons. The molecule has 29 heavy (non-hydrogen) atoms. The molecule has 1 unspecified atom stereocenters. The van der Waals surface area contributed by atoms with Crippen molar-refractivity contribution >= 4 is 29.9 Å². The van der Waals surface area contributed by atoms with Crippen LogP contribution in [0.4, 0.5) is 0 Å². The number of hydrogen-bond acceptors (Lipinski definition) is 6. The second kappa shape index (κ2) is 12.7. The van der Waals surface area contributed by atoms with Gasteiger partial charge in [-0.15, -0.1) is 34.2 Å². The maximum absolute atomic E-state index is 5.66. The summed E-state index contributed by atoms with van der Waals surface area (Å²) in [6.07, 6.45) is 0.0795. The molecule has 0 amide bonds. The third kappa shape index (κ3) is 8.73. The van der Waals surface area contributed by atoms with Gasteiger partial charge in [0.1, 0.15) is 12.4 Å².